The number of nitrogens with zero attached hydrogens (tertiary/aromatic N) is 5. The van der Waals surface area contributed by atoms with Gasteiger partial charge in [-0.05, 0) is 25.0 Å². The highest BCUT2D eigenvalue weighted by atomic mass is 16.1. The zero-order chi connectivity index (χ0) is 16.9. The monoisotopic (exact) mass is 326 g/mol. The van der Waals surface area contributed by atoms with Gasteiger partial charge in [0, 0.05) is 57.3 Å². The minimum atomic E-state index is -0.0547. The summed E-state index contributed by atoms with van der Waals surface area (Å²) in [6, 6.07) is 5.54. The second-order valence-corrected chi connectivity index (χ2v) is 6.12. The van der Waals surface area contributed by atoms with E-state index in [4.69, 9.17) is 0 Å². The molecule has 1 aliphatic rings. The maximum absolute atomic E-state index is 12.3. The molecule has 1 fully saturated rings. The molecule has 1 N–H and O–H groups in total. The van der Waals surface area contributed by atoms with E-state index in [1.807, 2.05) is 25.1 Å². The summed E-state index contributed by atoms with van der Waals surface area (Å²) in [7, 11) is 3.92. The summed E-state index contributed by atoms with van der Waals surface area (Å²) < 4.78 is 0. The fourth-order valence-corrected chi connectivity index (χ4v) is 2.83. The first-order valence-corrected chi connectivity index (χ1v) is 8.08. The predicted octanol–water partition coefficient (Wildman–Crippen LogP) is 1.34. The second-order valence-electron chi connectivity index (χ2n) is 6.12. The molecule has 0 unspecified atom stereocenters. The lowest BCUT2D eigenvalue weighted by molar-refractivity contribution is 0.0933. The molecule has 0 spiro atoms. The molecule has 0 aliphatic carbocycles. The van der Waals surface area contributed by atoms with Gasteiger partial charge in [0.2, 0.25) is 0 Å². The van der Waals surface area contributed by atoms with Crippen LogP contribution in [0.4, 0.5) is 11.6 Å². The Bertz CT molecular complexity index is 690. The Labute approximate surface area is 141 Å². The SMILES string of the molecule is CN(C)c1cc(N2CCC[C@@H](NC(=O)c3ccncc3)C2)ncn1. The molecule has 24 heavy (non-hydrogen) atoms. The molecule has 0 radical (unpaired) electrons. The van der Waals surface area contributed by atoms with E-state index in [2.05, 4.69) is 25.2 Å². The van der Waals surface area contributed by atoms with Gasteiger partial charge in [0.05, 0.1) is 0 Å². The van der Waals surface area contributed by atoms with Gasteiger partial charge >= 0.3 is 0 Å². The average Bonchev–Trinajstić information content (AvgIpc) is 2.63. The summed E-state index contributed by atoms with van der Waals surface area (Å²) in [4.78, 5) is 29.1. The summed E-state index contributed by atoms with van der Waals surface area (Å²) in [5.74, 6) is 1.72. The van der Waals surface area contributed by atoms with Crippen LogP contribution in [0, 0.1) is 0 Å². The zero-order valence-corrected chi connectivity index (χ0v) is 14.0. The summed E-state index contributed by atoms with van der Waals surface area (Å²) in [6.07, 6.45) is 6.84. The van der Waals surface area contributed by atoms with Gasteiger partial charge in [-0.2, -0.15) is 0 Å². The summed E-state index contributed by atoms with van der Waals surface area (Å²) in [5.41, 5.74) is 0.638. The van der Waals surface area contributed by atoms with Crippen molar-refractivity contribution >= 4 is 17.5 Å². The quantitative estimate of drug-likeness (QED) is 0.914. The molecule has 0 saturated carbocycles. The first kappa shape index (κ1) is 16.2. The van der Waals surface area contributed by atoms with Crippen LogP contribution in [0.2, 0.25) is 0 Å². The van der Waals surface area contributed by atoms with Gasteiger partial charge in [-0.25, -0.2) is 9.97 Å². The van der Waals surface area contributed by atoms with Crippen molar-refractivity contribution in [3.05, 3.63) is 42.5 Å². The lowest BCUT2D eigenvalue weighted by Crippen LogP contribution is -2.48. The van der Waals surface area contributed by atoms with Crippen LogP contribution in [0.15, 0.2) is 36.9 Å². The van der Waals surface area contributed by atoms with Crippen LogP contribution in [0.3, 0.4) is 0 Å². The number of carbonyl (C=O) groups excluding carboxylic acids is 1. The maximum atomic E-state index is 12.3. The number of hydrogen-bond donors (Lipinski definition) is 1. The molecule has 1 saturated heterocycles. The number of piperidine rings is 1. The molecule has 2 aromatic rings. The number of anilines is 2. The van der Waals surface area contributed by atoms with Crippen molar-refractivity contribution < 1.29 is 4.79 Å². The van der Waals surface area contributed by atoms with Crippen molar-refractivity contribution in [2.24, 2.45) is 0 Å². The Morgan fingerprint density at radius 3 is 2.83 bits per heavy atom. The zero-order valence-electron chi connectivity index (χ0n) is 14.0. The lowest BCUT2D eigenvalue weighted by atomic mass is 10.1. The molecule has 7 heteroatoms. The van der Waals surface area contributed by atoms with Crippen molar-refractivity contribution in [3.8, 4) is 0 Å². The molecule has 1 amide bonds. The topological polar surface area (TPSA) is 74.2 Å². The van der Waals surface area contributed by atoms with Crippen molar-refractivity contribution in [1.82, 2.24) is 20.3 Å². The van der Waals surface area contributed by atoms with Gasteiger partial charge in [0.15, 0.2) is 0 Å². The predicted molar refractivity (Wildman–Crippen MR) is 93.3 cm³/mol. The van der Waals surface area contributed by atoms with E-state index in [0.29, 0.717) is 5.56 Å². The van der Waals surface area contributed by atoms with E-state index in [-0.39, 0.29) is 11.9 Å². The van der Waals surface area contributed by atoms with Crippen LogP contribution in [-0.4, -0.2) is 54.1 Å². The molecular formula is C17H22N6O. The van der Waals surface area contributed by atoms with Crippen LogP contribution < -0.4 is 15.1 Å². The number of aromatic nitrogens is 3. The number of hydrogen-bond acceptors (Lipinski definition) is 6. The lowest BCUT2D eigenvalue weighted by Gasteiger charge is -2.34. The smallest absolute Gasteiger partial charge is 0.251 e. The summed E-state index contributed by atoms with van der Waals surface area (Å²) >= 11 is 0. The van der Waals surface area contributed by atoms with Gasteiger partial charge in [0.25, 0.3) is 5.91 Å². The van der Waals surface area contributed by atoms with Crippen molar-refractivity contribution in [2.45, 2.75) is 18.9 Å². The van der Waals surface area contributed by atoms with E-state index in [9.17, 15) is 4.79 Å². The van der Waals surface area contributed by atoms with Crippen molar-refractivity contribution in [3.63, 3.8) is 0 Å². The molecule has 0 aromatic carbocycles. The van der Waals surface area contributed by atoms with E-state index >= 15 is 0 Å². The Kier molecular flexibility index (Phi) is 4.88. The van der Waals surface area contributed by atoms with Gasteiger partial charge in [0.1, 0.15) is 18.0 Å². The third-order valence-corrected chi connectivity index (χ3v) is 4.12. The molecule has 126 valence electrons. The summed E-state index contributed by atoms with van der Waals surface area (Å²) in [5, 5.41) is 3.11. The molecule has 3 rings (SSSR count). The Morgan fingerprint density at radius 2 is 2.08 bits per heavy atom. The maximum Gasteiger partial charge on any atom is 0.251 e. The Balaban J connectivity index is 1.66. The molecule has 2 aromatic heterocycles. The van der Waals surface area contributed by atoms with Crippen molar-refractivity contribution in [2.75, 3.05) is 37.0 Å². The molecule has 7 nitrogen and oxygen atoms in total. The van der Waals surface area contributed by atoms with Crippen LogP contribution in [-0.2, 0) is 0 Å². The molecule has 1 aliphatic heterocycles. The molecular weight excluding hydrogens is 304 g/mol. The van der Waals surface area contributed by atoms with E-state index in [1.165, 1.54) is 0 Å². The third kappa shape index (κ3) is 3.79. The largest absolute Gasteiger partial charge is 0.363 e. The number of nitrogens with one attached hydrogen (secondary N) is 1. The molecule has 0 bridgehead atoms. The van der Waals surface area contributed by atoms with Gasteiger partial charge < -0.3 is 15.1 Å². The van der Waals surface area contributed by atoms with Crippen LogP contribution in [0.5, 0.6) is 0 Å². The van der Waals surface area contributed by atoms with Crippen molar-refractivity contribution in [1.29, 1.82) is 0 Å². The van der Waals surface area contributed by atoms with Gasteiger partial charge in [-0.3, -0.25) is 9.78 Å². The van der Waals surface area contributed by atoms with E-state index in [0.717, 1.165) is 37.6 Å². The minimum absolute atomic E-state index is 0.0547. The molecule has 3 heterocycles. The highest BCUT2D eigenvalue weighted by molar-refractivity contribution is 5.94. The fraction of sp³-hybridized carbons (Fsp3) is 0.412. The summed E-state index contributed by atoms with van der Waals surface area (Å²) in [6.45, 7) is 1.69. The normalized spacial score (nSPS) is 17.4. The Morgan fingerprint density at radius 1 is 1.29 bits per heavy atom. The van der Waals surface area contributed by atoms with Crippen LogP contribution in [0.1, 0.15) is 23.2 Å². The standard InChI is InChI=1S/C17H22N6O/c1-22(2)15-10-16(20-12-19-15)23-9-3-4-14(11-23)21-17(24)13-5-7-18-8-6-13/h5-8,10,12,14H,3-4,9,11H2,1-2H3,(H,21,24)/t14-/m1/s1. The number of pyridine rings is 1. The number of carbonyl (C=O) groups is 1. The number of rotatable bonds is 4. The van der Waals surface area contributed by atoms with Crippen LogP contribution >= 0.6 is 0 Å². The van der Waals surface area contributed by atoms with Crippen LogP contribution in [0.25, 0.3) is 0 Å². The highest BCUT2D eigenvalue weighted by Gasteiger charge is 2.23. The number of amides is 1. The van der Waals surface area contributed by atoms with E-state index in [1.54, 1.807) is 30.9 Å². The minimum Gasteiger partial charge on any atom is -0.363 e. The first-order chi connectivity index (χ1) is 11.6. The highest BCUT2D eigenvalue weighted by Crippen LogP contribution is 2.20. The fourth-order valence-electron chi connectivity index (χ4n) is 2.83. The van der Waals surface area contributed by atoms with Gasteiger partial charge in [-0.1, -0.05) is 0 Å². The van der Waals surface area contributed by atoms with E-state index < -0.39 is 0 Å². The molecule has 1 atom stereocenters. The third-order valence-electron chi connectivity index (χ3n) is 4.12. The van der Waals surface area contributed by atoms with Gasteiger partial charge in [-0.15, -0.1) is 0 Å². The second kappa shape index (κ2) is 7.25. The Hall–Kier alpha value is -2.70. The average molecular weight is 326 g/mol. The first-order valence-electron chi connectivity index (χ1n) is 8.08.